The zero-order valence-corrected chi connectivity index (χ0v) is 9.25. The summed E-state index contributed by atoms with van der Waals surface area (Å²) in [4.78, 5) is 0. The predicted octanol–water partition coefficient (Wildman–Crippen LogP) is 1.48. The third-order valence-corrected chi connectivity index (χ3v) is 3.78. The van der Waals surface area contributed by atoms with Gasteiger partial charge in [-0.15, -0.1) is 0 Å². The Bertz CT molecular complexity index is 207. The van der Waals surface area contributed by atoms with E-state index in [1.807, 2.05) is 6.92 Å². The van der Waals surface area contributed by atoms with Crippen molar-refractivity contribution in [2.75, 3.05) is 6.61 Å². The fraction of sp³-hybridized carbons (Fsp3) is 1.00. The minimum Gasteiger partial charge on any atom is -0.393 e. The van der Waals surface area contributed by atoms with Crippen LogP contribution in [-0.2, 0) is 9.47 Å². The van der Waals surface area contributed by atoms with Crippen LogP contribution in [0.1, 0.15) is 40.0 Å². The Balaban J connectivity index is 1.67. The molecule has 3 nitrogen and oxygen atoms in total. The van der Waals surface area contributed by atoms with Gasteiger partial charge in [0.15, 0.2) is 0 Å². The van der Waals surface area contributed by atoms with E-state index in [4.69, 9.17) is 14.6 Å². The molecule has 0 aromatic rings. The monoisotopic (exact) mass is 200 g/mol. The van der Waals surface area contributed by atoms with Crippen molar-refractivity contribution in [3.8, 4) is 0 Å². The van der Waals surface area contributed by atoms with Gasteiger partial charge in [-0.2, -0.15) is 0 Å². The Morgan fingerprint density at radius 2 is 1.57 bits per heavy atom. The van der Waals surface area contributed by atoms with Gasteiger partial charge in [-0.1, -0.05) is 6.92 Å². The van der Waals surface area contributed by atoms with Crippen LogP contribution in [0.3, 0.4) is 0 Å². The van der Waals surface area contributed by atoms with Crippen molar-refractivity contribution in [1.82, 2.24) is 0 Å². The van der Waals surface area contributed by atoms with E-state index in [9.17, 15) is 0 Å². The van der Waals surface area contributed by atoms with Gasteiger partial charge in [-0.05, 0) is 33.1 Å². The van der Waals surface area contributed by atoms with Crippen LogP contribution in [0.25, 0.3) is 0 Å². The first-order chi connectivity index (χ1) is 6.54. The number of rotatable bonds is 5. The molecule has 0 saturated carbocycles. The number of aliphatic hydroxyl groups excluding tert-OH is 1. The van der Waals surface area contributed by atoms with Gasteiger partial charge >= 0.3 is 0 Å². The molecule has 2 aliphatic heterocycles. The standard InChI is InChI=1S/C11H20O3/c1-4-10(2)8(13-10)5-6-9-11(3,7-12)14-9/h8-9,12H,4-7H2,1-3H3/t8-,9-,10-,11-/m0/s1. The largest absolute Gasteiger partial charge is 0.393 e. The first kappa shape index (κ1) is 10.4. The van der Waals surface area contributed by atoms with E-state index in [1.54, 1.807) is 0 Å². The van der Waals surface area contributed by atoms with Gasteiger partial charge in [0.25, 0.3) is 0 Å². The second-order valence-corrected chi connectivity index (χ2v) is 4.93. The highest BCUT2D eigenvalue weighted by Crippen LogP contribution is 2.45. The molecule has 14 heavy (non-hydrogen) atoms. The lowest BCUT2D eigenvalue weighted by Gasteiger charge is -2.01. The third-order valence-electron chi connectivity index (χ3n) is 3.78. The Morgan fingerprint density at radius 1 is 1.07 bits per heavy atom. The number of hydrogen-bond acceptors (Lipinski definition) is 3. The molecule has 2 heterocycles. The molecule has 2 rings (SSSR count). The lowest BCUT2D eigenvalue weighted by molar-refractivity contribution is 0.184. The summed E-state index contributed by atoms with van der Waals surface area (Å²) in [7, 11) is 0. The molecule has 0 radical (unpaired) electrons. The first-order valence-corrected chi connectivity index (χ1v) is 5.50. The molecule has 0 spiro atoms. The van der Waals surface area contributed by atoms with Crippen LogP contribution in [0, 0.1) is 0 Å². The summed E-state index contributed by atoms with van der Waals surface area (Å²) in [6.45, 7) is 6.42. The van der Waals surface area contributed by atoms with Crippen molar-refractivity contribution < 1.29 is 14.6 Å². The Morgan fingerprint density at radius 3 is 1.93 bits per heavy atom. The molecular formula is C11H20O3. The summed E-state index contributed by atoms with van der Waals surface area (Å²) in [6, 6.07) is 0. The molecule has 3 heteroatoms. The number of epoxide rings is 2. The maximum Gasteiger partial charge on any atom is 0.115 e. The maximum absolute atomic E-state index is 9.01. The van der Waals surface area contributed by atoms with Crippen LogP contribution >= 0.6 is 0 Å². The molecule has 82 valence electrons. The second-order valence-electron chi connectivity index (χ2n) is 4.93. The van der Waals surface area contributed by atoms with Gasteiger partial charge < -0.3 is 14.6 Å². The van der Waals surface area contributed by atoms with Crippen molar-refractivity contribution in [2.24, 2.45) is 0 Å². The first-order valence-electron chi connectivity index (χ1n) is 5.50. The van der Waals surface area contributed by atoms with Crippen molar-refractivity contribution in [3.05, 3.63) is 0 Å². The Kier molecular flexibility index (Phi) is 2.37. The number of aliphatic hydroxyl groups is 1. The van der Waals surface area contributed by atoms with Crippen LogP contribution < -0.4 is 0 Å². The van der Waals surface area contributed by atoms with E-state index >= 15 is 0 Å². The minimum absolute atomic E-state index is 0.129. The molecule has 0 amide bonds. The smallest absolute Gasteiger partial charge is 0.115 e. The van der Waals surface area contributed by atoms with E-state index < -0.39 is 0 Å². The molecule has 0 aliphatic carbocycles. The summed E-state index contributed by atoms with van der Waals surface area (Å²) in [5.41, 5.74) is -0.123. The van der Waals surface area contributed by atoms with Crippen molar-refractivity contribution in [1.29, 1.82) is 0 Å². The zero-order chi connectivity index (χ0) is 10.4. The second kappa shape index (κ2) is 3.19. The van der Waals surface area contributed by atoms with Gasteiger partial charge in [0.05, 0.1) is 24.4 Å². The fourth-order valence-corrected chi connectivity index (χ4v) is 2.06. The zero-order valence-electron chi connectivity index (χ0n) is 9.25. The average molecular weight is 200 g/mol. The number of hydrogen-bond donors (Lipinski definition) is 1. The highest BCUT2D eigenvalue weighted by atomic mass is 16.6. The van der Waals surface area contributed by atoms with Crippen LogP contribution in [0.4, 0.5) is 0 Å². The Hall–Kier alpha value is -0.120. The normalized spacial score (nSPS) is 50.6. The topological polar surface area (TPSA) is 45.3 Å². The van der Waals surface area contributed by atoms with E-state index in [0.29, 0.717) is 6.10 Å². The summed E-state index contributed by atoms with van der Waals surface area (Å²) < 4.78 is 11.0. The van der Waals surface area contributed by atoms with Gasteiger partial charge in [0, 0.05) is 0 Å². The van der Waals surface area contributed by atoms with E-state index in [-0.39, 0.29) is 23.9 Å². The van der Waals surface area contributed by atoms with Gasteiger partial charge in [0.2, 0.25) is 0 Å². The lowest BCUT2D eigenvalue weighted by atomic mass is 9.98. The molecule has 0 bridgehead atoms. The molecule has 2 fully saturated rings. The van der Waals surface area contributed by atoms with Gasteiger partial charge in [-0.25, -0.2) is 0 Å². The van der Waals surface area contributed by atoms with Crippen LogP contribution in [0.5, 0.6) is 0 Å². The maximum atomic E-state index is 9.01. The minimum atomic E-state index is -0.252. The number of ether oxygens (including phenoxy) is 2. The SMILES string of the molecule is CC[C@]1(C)O[C@H]1CC[C@@H]1O[C@@]1(C)CO. The summed E-state index contributed by atoms with van der Waals surface area (Å²) in [5.74, 6) is 0. The van der Waals surface area contributed by atoms with E-state index in [0.717, 1.165) is 19.3 Å². The van der Waals surface area contributed by atoms with Crippen LogP contribution in [-0.4, -0.2) is 35.1 Å². The van der Waals surface area contributed by atoms with Crippen LogP contribution in [0.15, 0.2) is 0 Å². The highest BCUT2D eigenvalue weighted by molar-refractivity contribution is 5.02. The van der Waals surface area contributed by atoms with Crippen LogP contribution in [0.2, 0.25) is 0 Å². The van der Waals surface area contributed by atoms with E-state index in [2.05, 4.69) is 13.8 Å². The third kappa shape index (κ3) is 1.69. The van der Waals surface area contributed by atoms with Crippen molar-refractivity contribution >= 4 is 0 Å². The average Bonchev–Trinajstić information content (AvgIpc) is 3.02. The van der Waals surface area contributed by atoms with Crippen molar-refractivity contribution in [2.45, 2.75) is 63.4 Å². The highest BCUT2D eigenvalue weighted by Gasteiger charge is 2.55. The molecule has 0 aromatic carbocycles. The lowest BCUT2D eigenvalue weighted by Crippen LogP contribution is -2.16. The molecule has 2 saturated heterocycles. The summed E-state index contributed by atoms with van der Waals surface area (Å²) >= 11 is 0. The van der Waals surface area contributed by atoms with E-state index in [1.165, 1.54) is 0 Å². The van der Waals surface area contributed by atoms with Crippen molar-refractivity contribution in [3.63, 3.8) is 0 Å². The Labute approximate surface area is 85.4 Å². The molecule has 4 atom stereocenters. The fourth-order valence-electron chi connectivity index (χ4n) is 2.06. The van der Waals surface area contributed by atoms with Gasteiger partial charge in [0.1, 0.15) is 5.60 Å². The summed E-state index contributed by atoms with van der Waals surface area (Å²) in [6.07, 6.45) is 3.82. The molecule has 0 unspecified atom stereocenters. The molecular weight excluding hydrogens is 180 g/mol. The van der Waals surface area contributed by atoms with Gasteiger partial charge in [-0.3, -0.25) is 0 Å². The molecule has 2 aliphatic rings. The molecule has 0 aromatic heterocycles. The molecule has 1 N–H and O–H groups in total. The summed E-state index contributed by atoms with van der Waals surface area (Å²) in [5, 5.41) is 9.01. The predicted molar refractivity (Wildman–Crippen MR) is 53.2 cm³/mol. The quantitative estimate of drug-likeness (QED) is 0.684.